The van der Waals surface area contributed by atoms with Gasteiger partial charge in [0.05, 0.1) is 38.9 Å². The Morgan fingerprint density at radius 1 is 0.895 bits per heavy atom. The van der Waals surface area contributed by atoms with E-state index in [2.05, 4.69) is 0 Å². The van der Waals surface area contributed by atoms with Crippen molar-refractivity contribution in [2.24, 2.45) is 16.8 Å². The Kier molecular flexibility index (Phi) is 8.29. The van der Waals surface area contributed by atoms with Crippen LogP contribution in [0.5, 0.6) is 11.5 Å². The standard InChI is InChI=1S/C30H33NO7/c1-6-37-29(33)24-17(3)31-23-16-22(19-9-8-10-21(15-19)36-5)26(30(34)38-7-2)28(32)27(23)25(24)18-11-13-20(35-4)14-12-18/h8-15,22,25-27H,6-7,16H2,1-5H3/t22-,25-,26-,27?/m1/s1. The molecule has 0 N–H and O–H groups in total. The third kappa shape index (κ3) is 5.08. The number of hydrogen-bond donors (Lipinski definition) is 0. The molecule has 1 fully saturated rings. The minimum Gasteiger partial charge on any atom is -0.497 e. The highest BCUT2D eigenvalue weighted by molar-refractivity contribution is 6.17. The minimum atomic E-state index is -1.06. The van der Waals surface area contributed by atoms with Crippen LogP contribution in [0.1, 0.15) is 50.2 Å². The Morgan fingerprint density at radius 3 is 2.21 bits per heavy atom. The summed E-state index contributed by atoms with van der Waals surface area (Å²) in [6, 6.07) is 14.6. The van der Waals surface area contributed by atoms with Gasteiger partial charge in [-0.25, -0.2) is 4.79 Å². The average molecular weight is 520 g/mol. The highest BCUT2D eigenvalue weighted by Crippen LogP contribution is 2.48. The first-order valence-corrected chi connectivity index (χ1v) is 12.8. The summed E-state index contributed by atoms with van der Waals surface area (Å²) in [7, 11) is 3.14. The van der Waals surface area contributed by atoms with Gasteiger partial charge < -0.3 is 18.9 Å². The Bertz CT molecular complexity index is 1280. The Labute approximate surface area is 222 Å². The average Bonchev–Trinajstić information content (AvgIpc) is 2.92. The fourth-order valence-electron chi connectivity index (χ4n) is 5.51. The zero-order chi connectivity index (χ0) is 27.4. The molecule has 2 aromatic carbocycles. The van der Waals surface area contributed by atoms with Gasteiger partial charge in [0.15, 0.2) is 5.78 Å². The SMILES string of the molecule is CCOC(=O)C1=C(C)N=C2C[C@H](c3cccc(OC)c3)[C@@H](C(=O)OCC)C(=O)C2[C@@H]1c1ccc(OC)cc1. The van der Waals surface area contributed by atoms with Gasteiger partial charge in [-0.2, -0.15) is 0 Å². The van der Waals surface area contributed by atoms with Crippen LogP contribution in [0.15, 0.2) is 64.8 Å². The lowest BCUT2D eigenvalue weighted by Crippen LogP contribution is -2.48. The van der Waals surface area contributed by atoms with E-state index < -0.39 is 35.6 Å². The van der Waals surface area contributed by atoms with E-state index in [9.17, 15) is 14.4 Å². The van der Waals surface area contributed by atoms with Crippen LogP contribution in [0.3, 0.4) is 0 Å². The van der Waals surface area contributed by atoms with Gasteiger partial charge in [-0.1, -0.05) is 24.3 Å². The number of hydrogen-bond acceptors (Lipinski definition) is 8. The molecule has 4 atom stereocenters. The van der Waals surface area contributed by atoms with E-state index in [-0.39, 0.29) is 19.0 Å². The molecule has 1 aliphatic carbocycles. The van der Waals surface area contributed by atoms with Crippen LogP contribution in [0.4, 0.5) is 0 Å². The van der Waals surface area contributed by atoms with Gasteiger partial charge in [0.1, 0.15) is 17.4 Å². The van der Waals surface area contributed by atoms with Crippen molar-refractivity contribution >= 4 is 23.4 Å². The lowest BCUT2D eigenvalue weighted by atomic mass is 9.62. The first kappa shape index (κ1) is 27.1. The third-order valence-electron chi connectivity index (χ3n) is 7.18. The van der Waals surface area contributed by atoms with Crippen LogP contribution in [0, 0.1) is 11.8 Å². The molecule has 2 aromatic rings. The van der Waals surface area contributed by atoms with Crippen molar-refractivity contribution in [3.05, 3.63) is 70.9 Å². The molecule has 4 rings (SSSR count). The number of nitrogens with zero attached hydrogens (tertiary/aromatic N) is 1. The molecule has 0 saturated heterocycles. The molecule has 0 spiro atoms. The normalized spacial score (nSPS) is 22.8. The number of ketones is 1. The maximum Gasteiger partial charge on any atom is 0.336 e. The lowest BCUT2D eigenvalue weighted by Gasteiger charge is -2.41. The zero-order valence-electron chi connectivity index (χ0n) is 22.4. The Morgan fingerprint density at radius 2 is 1.58 bits per heavy atom. The van der Waals surface area contributed by atoms with Crippen LogP contribution in [0.2, 0.25) is 0 Å². The van der Waals surface area contributed by atoms with Crippen LogP contribution in [0.25, 0.3) is 0 Å². The van der Waals surface area contributed by atoms with Crippen molar-refractivity contribution in [1.82, 2.24) is 0 Å². The van der Waals surface area contributed by atoms with Crippen LogP contribution in [-0.4, -0.2) is 50.9 Å². The largest absolute Gasteiger partial charge is 0.497 e. The molecule has 1 unspecified atom stereocenters. The van der Waals surface area contributed by atoms with Crippen LogP contribution < -0.4 is 9.47 Å². The highest BCUT2D eigenvalue weighted by atomic mass is 16.5. The molecule has 8 nitrogen and oxygen atoms in total. The molecule has 0 radical (unpaired) electrons. The number of ether oxygens (including phenoxy) is 4. The van der Waals surface area contributed by atoms with Gasteiger partial charge in [-0.05, 0) is 62.6 Å². The predicted molar refractivity (Wildman–Crippen MR) is 141 cm³/mol. The lowest BCUT2D eigenvalue weighted by molar-refractivity contribution is -0.153. The van der Waals surface area contributed by atoms with Gasteiger partial charge >= 0.3 is 11.9 Å². The molecule has 38 heavy (non-hydrogen) atoms. The van der Waals surface area contributed by atoms with Crippen LogP contribution in [-0.2, 0) is 23.9 Å². The van der Waals surface area contributed by atoms with Crippen molar-refractivity contribution < 1.29 is 33.3 Å². The van der Waals surface area contributed by atoms with E-state index in [1.165, 1.54) is 0 Å². The molecule has 1 aliphatic heterocycles. The summed E-state index contributed by atoms with van der Waals surface area (Å²) in [5.74, 6) is -3.18. The summed E-state index contributed by atoms with van der Waals surface area (Å²) >= 11 is 0. The van der Waals surface area contributed by atoms with E-state index in [4.69, 9.17) is 23.9 Å². The smallest absolute Gasteiger partial charge is 0.336 e. The monoisotopic (exact) mass is 519 g/mol. The van der Waals surface area contributed by atoms with Crippen molar-refractivity contribution in [3.8, 4) is 11.5 Å². The van der Waals surface area contributed by atoms with Crippen molar-refractivity contribution in [2.75, 3.05) is 27.4 Å². The maximum absolute atomic E-state index is 14.3. The van der Waals surface area contributed by atoms with Gasteiger partial charge in [0, 0.05) is 23.2 Å². The second-order valence-electron chi connectivity index (χ2n) is 9.27. The van der Waals surface area contributed by atoms with E-state index in [1.807, 2.05) is 36.4 Å². The van der Waals surface area contributed by atoms with E-state index in [0.29, 0.717) is 34.9 Å². The second-order valence-corrected chi connectivity index (χ2v) is 9.27. The number of rotatable bonds is 8. The van der Waals surface area contributed by atoms with E-state index in [1.54, 1.807) is 47.1 Å². The summed E-state index contributed by atoms with van der Waals surface area (Å²) in [5.41, 5.74) is 2.98. The van der Waals surface area contributed by atoms with E-state index >= 15 is 0 Å². The van der Waals surface area contributed by atoms with Crippen molar-refractivity contribution in [3.63, 3.8) is 0 Å². The summed E-state index contributed by atoms with van der Waals surface area (Å²) in [5, 5.41) is 0. The molecule has 0 aromatic heterocycles. The number of methoxy groups -OCH3 is 2. The number of esters is 2. The summed E-state index contributed by atoms with van der Waals surface area (Å²) < 4.78 is 21.5. The molecule has 0 bridgehead atoms. The first-order chi connectivity index (χ1) is 18.3. The summed E-state index contributed by atoms with van der Waals surface area (Å²) in [6.07, 6.45) is 0.354. The molecule has 8 heteroatoms. The first-order valence-electron chi connectivity index (χ1n) is 12.8. The fraction of sp³-hybridized carbons (Fsp3) is 0.400. The number of carbonyl (C=O) groups excluding carboxylic acids is 3. The molecular formula is C30H33NO7. The van der Waals surface area contributed by atoms with Gasteiger partial charge in [0.2, 0.25) is 0 Å². The molecule has 1 saturated carbocycles. The Hall–Kier alpha value is -3.94. The maximum atomic E-state index is 14.3. The number of Topliss-reactive ketones (excluding diaryl/α,β-unsaturated/α-hetero) is 1. The van der Waals surface area contributed by atoms with Gasteiger partial charge in [-0.3, -0.25) is 14.6 Å². The quantitative estimate of drug-likeness (QED) is 0.370. The molecular weight excluding hydrogens is 486 g/mol. The van der Waals surface area contributed by atoms with Crippen molar-refractivity contribution in [1.29, 1.82) is 0 Å². The second kappa shape index (κ2) is 11.6. The van der Waals surface area contributed by atoms with E-state index in [0.717, 1.165) is 11.1 Å². The topological polar surface area (TPSA) is 100 Å². The predicted octanol–water partition coefficient (Wildman–Crippen LogP) is 4.63. The number of allylic oxidation sites excluding steroid dienone is 1. The molecule has 2 aliphatic rings. The van der Waals surface area contributed by atoms with Crippen LogP contribution >= 0.6 is 0 Å². The van der Waals surface area contributed by atoms with Crippen molar-refractivity contribution in [2.45, 2.75) is 39.0 Å². The number of fused-ring (bicyclic) bond motifs is 1. The summed E-state index contributed by atoms with van der Waals surface area (Å²) in [6.45, 7) is 5.53. The highest BCUT2D eigenvalue weighted by Gasteiger charge is 2.53. The summed E-state index contributed by atoms with van der Waals surface area (Å²) in [4.78, 5) is 45.6. The number of benzene rings is 2. The van der Waals surface area contributed by atoms with Gasteiger partial charge in [-0.15, -0.1) is 0 Å². The minimum absolute atomic E-state index is 0.147. The number of carbonyl (C=O) groups is 3. The molecule has 200 valence electrons. The fourth-order valence-corrected chi connectivity index (χ4v) is 5.51. The Balaban J connectivity index is 1.88. The third-order valence-corrected chi connectivity index (χ3v) is 7.18. The zero-order valence-corrected chi connectivity index (χ0v) is 22.4. The molecule has 0 amide bonds. The number of aliphatic imine (C=N–C) groups is 1. The van der Waals surface area contributed by atoms with Gasteiger partial charge in [0.25, 0.3) is 0 Å². The molecule has 1 heterocycles.